The van der Waals surface area contributed by atoms with Gasteiger partial charge in [-0.15, -0.1) is 12.4 Å². The van der Waals surface area contributed by atoms with E-state index in [1.165, 1.54) is 34.6 Å². The van der Waals surface area contributed by atoms with Crippen molar-refractivity contribution in [3.05, 3.63) is 53.5 Å². The zero-order chi connectivity index (χ0) is 18.7. The Morgan fingerprint density at radius 2 is 2.15 bits per heavy atom. The molecule has 1 saturated heterocycles. The molecule has 1 aromatic carbocycles. The van der Waals surface area contributed by atoms with E-state index < -0.39 is 27.9 Å². The van der Waals surface area contributed by atoms with Crippen LogP contribution < -0.4 is 5.32 Å². The second-order valence-electron chi connectivity index (χ2n) is 5.73. The summed E-state index contributed by atoms with van der Waals surface area (Å²) in [5.41, 5.74) is 0.540. The number of carbonyl (C=O) groups is 1. The Kier molecular flexibility index (Phi) is 6.99. The normalized spacial score (nSPS) is 17.9. The predicted octanol–water partition coefficient (Wildman–Crippen LogP) is 2.35. The Labute approximate surface area is 162 Å². The van der Waals surface area contributed by atoms with Crippen molar-refractivity contribution in [2.45, 2.75) is 18.1 Å². The maximum absolute atomic E-state index is 13.6. The van der Waals surface area contributed by atoms with E-state index in [9.17, 15) is 17.6 Å². The minimum atomic E-state index is -4.00. The van der Waals surface area contributed by atoms with Gasteiger partial charge in [-0.05, 0) is 36.8 Å². The van der Waals surface area contributed by atoms with Crippen molar-refractivity contribution in [1.82, 2.24) is 9.62 Å². The highest BCUT2D eigenvalue weighted by Crippen LogP contribution is 2.30. The third-order valence-corrected chi connectivity index (χ3v) is 5.83. The van der Waals surface area contributed by atoms with Gasteiger partial charge in [-0.2, -0.15) is 4.31 Å². The first-order valence-corrected chi connectivity index (χ1v) is 9.62. The fourth-order valence-electron chi connectivity index (χ4n) is 2.86. The van der Waals surface area contributed by atoms with E-state index in [4.69, 9.17) is 9.15 Å². The Morgan fingerprint density at radius 1 is 1.37 bits per heavy atom. The van der Waals surface area contributed by atoms with Gasteiger partial charge in [0.1, 0.15) is 5.82 Å². The number of carbonyl (C=O) groups excluding carboxylic acids is 1. The lowest BCUT2D eigenvalue weighted by Crippen LogP contribution is -2.48. The van der Waals surface area contributed by atoms with Gasteiger partial charge in [0.05, 0.1) is 12.6 Å². The van der Waals surface area contributed by atoms with Crippen molar-refractivity contribution in [3.8, 4) is 0 Å². The average Bonchev–Trinajstić information content (AvgIpc) is 3.13. The zero-order valence-electron chi connectivity index (χ0n) is 14.6. The van der Waals surface area contributed by atoms with E-state index >= 15 is 0 Å². The molecule has 1 aliphatic heterocycles. The van der Waals surface area contributed by atoms with E-state index in [2.05, 4.69) is 5.32 Å². The van der Waals surface area contributed by atoms with Crippen LogP contribution in [0.2, 0.25) is 0 Å². The number of sulfonamides is 1. The molecule has 0 saturated carbocycles. The van der Waals surface area contributed by atoms with Crippen molar-refractivity contribution < 1.29 is 26.8 Å². The summed E-state index contributed by atoms with van der Waals surface area (Å²) in [4.78, 5) is 11.7. The Bertz CT molecular complexity index is 902. The number of esters is 1. The molecule has 0 spiro atoms. The highest BCUT2D eigenvalue weighted by atomic mass is 35.5. The molecule has 1 unspecified atom stereocenters. The first-order valence-electron chi connectivity index (χ1n) is 8.18. The Hall–Kier alpha value is -1.94. The predicted molar refractivity (Wildman–Crippen MR) is 97.8 cm³/mol. The number of benzene rings is 1. The monoisotopic (exact) mass is 418 g/mol. The molecule has 0 aliphatic carbocycles. The van der Waals surface area contributed by atoms with Crippen LogP contribution in [0.4, 0.5) is 4.39 Å². The number of nitrogens with one attached hydrogen (secondary N) is 1. The summed E-state index contributed by atoms with van der Waals surface area (Å²) in [5.74, 6) is -1.34. The van der Waals surface area contributed by atoms with E-state index in [0.29, 0.717) is 18.7 Å². The molecule has 1 atom stereocenters. The standard InChI is InChI=1S/C17H19FN2O5S.ClH/c1-2-24-17(21)15-6-7-16(25-15)26(22,23)20-9-8-19-11-14(20)12-4-3-5-13(18)10-12;/h3-7,10,14,19H,2,8-9,11H2,1H3;1H. The van der Waals surface area contributed by atoms with Gasteiger partial charge in [0.2, 0.25) is 10.9 Å². The second-order valence-corrected chi connectivity index (χ2v) is 7.55. The highest BCUT2D eigenvalue weighted by Gasteiger charge is 2.36. The highest BCUT2D eigenvalue weighted by molar-refractivity contribution is 7.89. The molecule has 1 aliphatic rings. The number of piperazine rings is 1. The van der Waals surface area contributed by atoms with E-state index in [1.54, 1.807) is 13.0 Å². The van der Waals surface area contributed by atoms with Crippen LogP contribution >= 0.6 is 12.4 Å². The van der Waals surface area contributed by atoms with Crippen molar-refractivity contribution >= 4 is 28.4 Å². The third kappa shape index (κ3) is 4.49. The van der Waals surface area contributed by atoms with Crippen molar-refractivity contribution in [2.24, 2.45) is 0 Å². The summed E-state index contributed by atoms with van der Waals surface area (Å²) in [7, 11) is -4.00. The topological polar surface area (TPSA) is 88.9 Å². The largest absolute Gasteiger partial charge is 0.460 e. The summed E-state index contributed by atoms with van der Waals surface area (Å²) in [6.07, 6.45) is 0. The van der Waals surface area contributed by atoms with Crippen LogP contribution in [0.5, 0.6) is 0 Å². The second kappa shape index (κ2) is 8.83. The summed E-state index contributed by atoms with van der Waals surface area (Å²) in [5, 5.41) is 2.77. The Morgan fingerprint density at radius 3 is 2.85 bits per heavy atom. The summed E-state index contributed by atoms with van der Waals surface area (Å²) < 4.78 is 50.9. The number of ether oxygens (including phenoxy) is 1. The minimum absolute atomic E-state index is 0. The number of halogens is 2. The number of furan rings is 1. The lowest BCUT2D eigenvalue weighted by molar-refractivity contribution is 0.0483. The van der Waals surface area contributed by atoms with Gasteiger partial charge in [0, 0.05) is 19.6 Å². The maximum atomic E-state index is 13.6. The molecule has 1 aromatic heterocycles. The minimum Gasteiger partial charge on any atom is -0.460 e. The molecule has 1 N–H and O–H groups in total. The van der Waals surface area contributed by atoms with Gasteiger partial charge in [0.15, 0.2) is 0 Å². The van der Waals surface area contributed by atoms with Crippen LogP contribution in [0, 0.1) is 5.82 Å². The van der Waals surface area contributed by atoms with Crippen LogP contribution in [0.15, 0.2) is 45.9 Å². The average molecular weight is 419 g/mol. The summed E-state index contributed by atoms with van der Waals surface area (Å²) in [6.45, 7) is 2.79. The summed E-state index contributed by atoms with van der Waals surface area (Å²) in [6, 6.07) is 7.74. The molecule has 7 nitrogen and oxygen atoms in total. The van der Waals surface area contributed by atoms with Gasteiger partial charge < -0.3 is 14.5 Å². The van der Waals surface area contributed by atoms with Crippen LogP contribution in [0.1, 0.15) is 29.1 Å². The van der Waals surface area contributed by atoms with Crippen LogP contribution in [0.3, 0.4) is 0 Å². The molecule has 148 valence electrons. The van der Waals surface area contributed by atoms with Gasteiger partial charge in [-0.3, -0.25) is 0 Å². The van der Waals surface area contributed by atoms with Gasteiger partial charge in [0.25, 0.3) is 10.0 Å². The quantitative estimate of drug-likeness (QED) is 0.750. The SMILES string of the molecule is CCOC(=O)c1ccc(S(=O)(=O)N2CCNCC2c2cccc(F)c2)o1.Cl. The number of nitrogens with zero attached hydrogens (tertiary/aromatic N) is 1. The smallest absolute Gasteiger partial charge is 0.374 e. The maximum Gasteiger partial charge on any atom is 0.374 e. The fourth-order valence-corrected chi connectivity index (χ4v) is 4.39. The van der Waals surface area contributed by atoms with E-state index in [0.717, 1.165) is 0 Å². The molecule has 2 heterocycles. The van der Waals surface area contributed by atoms with Gasteiger partial charge in [-0.25, -0.2) is 17.6 Å². The molecule has 27 heavy (non-hydrogen) atoms. The van der Waals surface area contributed by atoms with Crippen molar-refractivity contribution in [3.63, 3.8) is 0 Å². The third-order valence-electron chi connectivity index (χ3n) is 4.05. The molecular weight excluding hydrogens is 399 g/mol. The number of hydrogen-bond acceptors (Lipinski definition) is 6. The van der Waals surface area contributed by atoms with E-state index in [-0.39, 0.29) is 36.4 Å². The summed E-state index contributed by atoms with van der Waals surface area (Å²) >= 11 is 0. The molecule has 0 radical (unpaired) electrons. The lowest BCUT2D eigenvalue weighted by atomic mass is 10.1. The number of hydrogen-bond donors (Lipinski definition) is 1. The molecule has 3 rings (SSSR count). The molecule has 0 bridgehead atoms. The zero-order valence-corrected chi connectivity index (χ0v) is 16.2. The Balaban J connectivity index is 0.00000261. The molecule has 2 aromatic rings. The fraction of sp³-hybridized carbons (Fsp3) is 0.353. The van der Waals surface area contributed by atoms with Crippen molar-refractivity contribution in [2.75, 3.05) is 26.2 Å². The molecular formula is C17H20ClFN2O5S. The molecule has 10 heteroatoms. The lowest BCUT2D eigenvalue weighted by Gasteiger charge is -2.34. The van der Waals surface area contributed by atoms with E-state index in [1.807, 2.05) is 0 Å². The first-order chi connectivity index (χ1) is 12.4. The van der Waals surface area contributed by atoms with Gasteiger partial charge >= 0.3 is 5.97 Å². The van der Waals surface area contributed by atoms with Crippen LogP contribution in [-0.4, -0.2) is 44.9 Å². The number of rotatable bonds is 5. The van der Waals surface area contributed by atoms with Crippen LogP contribution in [0.25, 0.3) is 0 Å². The first kappa shape index (κ1) is 21.4. The molecule has 0 amide bonds. The molecule has 1 fully saturated rings. The van der Waals surface area contributed by atoms with Crippen molar-refractivity contribution in [1.29, 1.82) is 0 Å². The van der Waals surface area contributed by atoms with Gasteiger partial charge in [-0.1, -0.05) is 12.1 Å². The van der Waals surface area contributed by atoms with Crippen LogP contribution in [-0.2, 0) is 14.8 Å².